The fourth-order valence-electron chi connectivity index (χ4n) is 2.01. The average Bonchev–Trinajstić information content (AvgIpc) is 3.10. The molecule has 0 radical (unpaired) electrons. The summed E-state index contributed by atoms with van der Waals surface area (Å²) in [4.78, 5) is 4.41. The maximum Gasteiger partial charge on any atom is 0.137 e. The van der Waals surface area contributed by atoms with Crippen LogP contribution in [0.4, 0.5) is 0 Å². The van der Waals surface area contributed by atoms with Crippen molar-refractivity contribution in [2.45, 2.75) is 44.7 Å². The molecule has 1 aromatic rings. The number of hydrogen-bond acceptors (Lipinski definition) is 3. The van der Waals surface area contributed by atoms with Crippen molar-refractivity contribution < 1.29 is 4.74 Å². The van der Waals surface area contributed by atoms with Crippen molar-refractivity contribution in [3.8, 4) is 5.75 Å². The first-order valence-corrected chi connectivity index (χ1v) is 6.71. The Morgan fingerprint density at radius 1 is 1.24 bits per heavy atom. The van der Waals surface area contributed by atoms with Crippen LogP contribution in [0.25, 0.3) is 0 Å². The number of rotatable bonds is 6. The van der Waals surface area contributed by atoms with Crippen LogP contribution in [0.5, 0.6) is 5.75 Å². The molecule has 92 valence electrons. The Bertz CT molecular complexity index is 355. The lowest BCUT2D eigenvalue weighted by Crippen LogP contribution is -2.19. The Morgan fingerprint density at radius 2 is 2.12 bits per heavy atom. The van der Waals surface area contributed by atoms with Crippen molar-refractivity contribution in [2.24, 2.45) is 5.92 Å². The minimum absolute atomic E-state index is 0.742. The normalized spacial score (nSPS) is 20.0. The Balaban J connectivity index is 1.44. The predicted octanol–water partition coefficient (Wildman–Crippen LogP) is 2.51. The standard InChI is InChI=1S/C14H20N2O/c1-2-11(3-1)10-17-14-7-6-13(16-9-14)8-15-12-4-5-12/h6-7,9,11-12,15H,1-5,8,10H2. The average molecular weight is 232 g/mol. The van der Waals surface area contributed by atoms with Gasteiger partial charge < -0.3 is 10.1 Å². The summed E-state index contributed by atoms with van der Waals surface area (Å²) in [7, 11) is 0. The van der Waals surface area contributed by atoms with Gasteiger partial charge in [0.15, 0.2) is 0 Å². The molecule has 0 atom stereocenters. The highest BCUT2D eigenvalue weighted by Crippen LogP contribution is 2.27. The zero-order valence-corrected chi connectivity index (χ0v) is 10.2. The molecule has 1 heterocycles. The monoisotopic (exact) mass is 232 g/mol. The Hall–Kier alpha value is -1.09. The molecule has 0 amide bonds. The predicted molar refractivity (Wildman–Crippen MR) is 66.9 cm³/mol. The molecule has 2 saturated carbocycles. The highest BCUT2D eigenvalue weighted by atomic mass is 16.5. The van der Waals surface area contributed by atoms with Crippen molar-refractivity contribution in [3.05, 3.63) is 24.0 Å². The SMILES string of the molecule is c1cc(CNC2CC2)ncc1OCC1CCC1. The minimum Gasteiger partial charge on any atom is -0.492 e. The van der Waals surface area contributed by atoms with Crippen molar-refractivity contribution >= 4 is 0 Å². The van der Waals surface area contributed by atoms with E-state index in [0.29, 0.717) is 0 Å². The highest BCUT2D eigenvalue weighted by molar-refractivity contribution is 5.20. The lowest BCUT2D eigenvalue weighted by atomic mass is 9.86. The van der Waals surface area contributed by atoms with E-state index in [1.54, 1.807) is 0 Å². The summed E-state index contributed by atoms with van der Waals surface area (Å²) in [6.45, 7) is 1.74. The van der Waals surface area contributed by atoms with Crippen LogP contribution >= 0.6 is 0 Å². The molecule has 2 fully saturated rings. The fourth-order valence-corrected chi connectivity index (χ4v) is 2.01. The van der Waals surface area contributed by atoms with Gasteiger partial charge >= 0.3 is 0 Å². The summed E-state index contributed by atoms with van der Waals surface area (Å²) < 4.78 is 5.72. The molecule has 3 nitrogen and oxygen atoms in total. The lowest BCUT2D eigenvalue weighted by Gasteiger charge is -2.24. The van der Waals surface area contributed by atoms with Crippen LogP contribution in [-0.2, 0) is 6.54 Å². The number of pyridine rings is 1. The minimum atomic E-state index is 0.742. The third kappa shape index (κ3) is 3.19. The first-order valence-electron chi connectivity index (χ1n) is 6.71. The van der Waals surface area contributed by atoms with Gasteiger partial charge in [0.1, 0.15) is 5.75 Å². The van der Waals surface area contributed by atoms with Gasteiger partial charge in [0.25, 0.3) is 0 Å². The summed E-state index contributed by atoms with van der Waals surface area (Å²) in [6, 6.07) is 4.84. The third-order valence-corrected chi connectivity index (χ3v) is 3.66. The summed E-state index contributed by atoms with van der Waals surface area (Å²) in [5, 5.41) is 3.46. The molecule has 0 spiro atoms. The highest BCUT2D eigenvalue weighted by Gasteiger charge is 2.20. The quantitative estimate of drug-likeness (QED) is 0.818. The molecule has 17 heavy (non-hydrogen) atoms. The van der Waals surface area contributed by atoms with Crippen molar-refractivity contribution in [3.63, 3.8) is 0 Å². The van der Waals surface area contributed by atoms with E-state index >= 15 is 0 Å². The largest absolute Gasteiger partial charge is 0.492 e. The maximum atomic E-state index is 5.72. The first kappa shape index (κ1) is 11.0. The molecular weight excluding hydrogens is 212 g/mol. The molecule has 2 aliphatic carbocycles. The molecule has 2 aliphatic rings. The van der Waals surface area contributed by atoms with Crippen LogP contribution in [-0.4, -0.2) is 17.6 Å². The first-order chi connectivity index (χ1) is 8.40. The van der Waals surface area contributed by atoms with Crippen LogP contribution in [0.15, 0.2) is 18.3 Å². The van der Waals surface area contributed by atoms with Gasteiger partial charge in [0.2, 0.25) is 0 Å². The van der Waals surface area contributed by atoms with E-state index in [2.05, 4.69) is 16.4 Å². The van der Waals surface area contributed by atoms with E-state index in [1.807, 2.05) is 12.3 Å². The second-order valence-electron chi connectivity index (χ2n) is 5.25. The van der Waals surface area contributed by atoms with E-state index in [4.69, 9.17) is 4.74 Å². The van der Waals surface area contributed by atoms with E-state index in [1.165, 1.54) is 32.1 Å². The molecule has 0 unspecified atom stereocenters. The van der Waals surface area contributed by atoms with E-state index in [9.17, 15) is 0 Å². The van der Waals surface area contributed by atoms with E-state index in [0.717, 1.165) is 36.6 Å². The van der Waals surface area contributed by atoms with Gasteiger partial charge in [-0.3, -0.25) is 4.98 Å². The summed E-state index contributed by atoms with van der Waals surface area (Å²) in [5.74, 6) is 1.69. The lowest BCUT2D eigenvalue weighted by molar-refractivity contribution is 0.180. The second-order valence-corrected chi connectivity index (χ2v) is 5.25. The van der Waals surface area contributed by atoms with Crippen molar-refractivity contribution in [1.29, 1.82) is 0 Å². The van der Waals surface area contributed by atoms with Crippen molar-refractivity contribution in [1.82, 2.24) is 10.3 Å². The molecule has 0 bridgehead atoms. The summed E-state index contributed by atoms with van der Waals surface area (Å²) in [6.07, 6.45) is 8.53. The molecule has 1 N–H and O–H groups in total. The van der Waals surface area contributed by atoms with Crippen LogP contribution in [0.3, 0.4) is 0 Å². The molecule has 0 aliphatic heterocycles. The number of nitrogens with zero attached hydrogens (tertiary/aromatic N) is 1. The van der Waals surface area contributed by atoms with Gasteiger partial charge in [0, 0.05) is 12.6 Å². The van der Waals surface area contributed by atoms with Crippen LogP contribution < -0.4 is 10.1 Å². The van der Waals surface area contributed by atoms with Crippen molar-refractivity contribution in [2.75, 3.05) is 6.61 Å². The smallest absolute Gasteiger partial charge is 0.137 e. The van der Waals surface area contributed by atoms with E-state index < -0.39 is 0 Å². The second kappa shape index (κ2) is 5.05. The van der Waals surface area contributed by atoms with Gasteiger partial charge in [-0.15, -0.1) is 0 Å². The zero-order chi connectivity index (χ0) is 11.5. The number of aromatic nitrogens is 1. The zero-order valence-electron chi connectivity index (χ0n) is 10.2. The number of hydrogen-bond donors (Lipinski definition) is 1. The summed E-state index contributed by atoms with van der Waals surface area (Å²) >= 11 is 0. The fraction of sp³-hybridized carbons (Fsp3) is 0.643. The molecule has 1 aromatic heterocycles. The van der Waals surface area contributed by atoms with E-state index in [-0.39, 0.29) is 0 Å². The van der Waals surface area contributed by atoms with Crippen LogP contribution in [0, 0.1) is 5.92 Å². The maximum absolute atomic E-state index is 5.72. The number of nitrogens with one attached hydrogen (secondary N) is 1. The Morgan fingerprint density at radius 3 is 2.71 bits per heavy atom. The van der Waals surface area contributed by atoms with Gasteiger partial charge in [-0.1, -0.05) is 6.42 Å². The van der Waals surface area contributed by atoms with Crippen LogP contribution in [0.2, 0.25) is 0 Å². The molecule has 0 aromatic carbocycles. The molecule has 3 heteroatoms. The Kier molecular flexibility index (Phi) is 3.27. The molecule has 0 saturated heterocycles. The Labute approximate surface area is 103 Å². The van der Waals surface area contributed by atoms with Crippen LogP contribution in [0.1, 0.15) is 37.8 Å². The number of ether oxygens (including phenoxy) is 1. The molecular formula is C14H20N2O. The van der Waals surface area contributed by atoms with Gasteiger partial charge in [-0.25, -0.2) is 0 Å². The van der Waals surface area contributed by atoms with Gasteiger partial charge in [-0.05, 0) is 43.7 Å². The van der Waals surface area contributed by atoms with Gasteiger partial charge in [0.05, 0.1) is 18.5 Å². The topological polar surface area (TPSA) is 34.2 Å². The van der Waals surface area contributed by atoms with Gasteiger partial charge in [-0.2, -0.15) is 0 Å². The summed E-state index contributed by atoms with van der Waals surface area (Å²) in [5.41, 5.74) is 1.10. The third-order valence-electron chi connectivity index (χ3n) is 3.66. The molecule has 3 rings (SSSR count).